The standard InChI is InChI=1S/C23H16F3N3O3/c1-32-19-12-5-4-11-18(19)29-22(31)17-10-3-2-9-16(17)20(28-29)21(30)27-15-8-6-7-14(13-15)23(24,25)26/h2-13H,1H3,(H,27,30). The molecule has 32 heavy (non-hydrogen) atoms. The van der Waals surface area contributed by atoms with E-state index in [2.05, 4.69) is 10.4 Å². The van der Waals surface area contributed by atoms with E-state index < -0.39 is 23.2 Å². The number of nitrogens with zero attached hydrogens (tertiary/aromatic N) is 2. The van der Waals surface area contributed by atoms with Gasteiger partial charge in [-0.2, -0.15) is 23.0 Å². The van der Waals surface area contributed by atoms with Gasteiger partial charge in [0.25, 0.3) is 11.5 Å². The molecule has 6 nitrogen and oxygen atoms in total. The third-order valence-corrected chi connectivity index (χ3v) is 4.78. The number of rotatable bonds is 4. The molecule has 1 amide bonds. The van der Waals surface area contributed by atoms with Gasteiger partial charge in [-0.3, -0.25) is 9.59 Å². The van der Waals surface area contributed by atoms with E-state index in [1.165, 1.54) is 19.2 Å². The number of nitrogens with one attached hydrogen (secondary N) is 1. The molecule has 1 N–H and O–H groups in total. The number of hydrogen-bond donors (Lipinski definition) is 1. The minimum atomic E-state index is -4.55. The molecule has 4 aromatic rings. The number of alkyl halides is 3. The lowest BCUT2D eigenvalue weighted by molar-refractivity contribution is -0.137. The molecule has 0 bridgehead atoms. The topological polar surface area (TPSA) is 73.2 Å². The van der Waals surface area contributed by atoms with Crippen molar-refractivity contribution in [3.8, 4) is 11.4 Å². The first-order valence-electron chi connectivity index (χ1n) is 9.43. The Kier molecular flexibility index (Phi) is 5.40. The Labute approximate surface area is 179 Å². The second-order valence-corrected chi connectivity index (χ2v) is 6.82. The van der Waals surface area contributed by atoms with Gasteiger partial charge in [0.05, 0.1) is 18.1 Å². The molecule has 0 spiro atoms. The first-order valence-corrected chi connectivity index (χ1v) is 9.43. The molecule has 0 saturated heterocycles. The molecule has 1 heterocycles. The third kappa shape index (κ3) is 3.92. The van der Waals surface area contributed by atoms with E-state index in [0.717, 1.165) is 16.8 Å². The molecule has 0 saturated carbocycles. The largest absolute Gasteiger partial charge is 0.494 e. The smallest absolute Gasteiger partial charge is 0.416 e. The number of fused-ring (bicyclic) bond motifs is 1. The zero-order valence-corrected chi connectivity index (χ0v) is 16.7. The Morgan fingerprint density at radius 2 is 1.66 bits per heavy atom. The average Bonchev–Trinajstić information content (AvgIpc) is 2.79. The molecule has 0 aliphatic rings. The zero-order chi connectivity index (χ0) is 22.9. The van der Waals surface area contributed by atoms with Crippen LogP contribution in [-0.4, -0.2) is 22.8 Å². The molecule has 0 aliphatic carbocycles. The first-order chi connectivity index (χ1) is 15.3. The predicted molar refractivity (Wildman–Crippen MR) is 113 cm³/mol. The molecular formula is C23H16F3N3O3. The maximum atomic E-state index is 13.1. The van der Waals surface area contributed by atoms with E-state index >= 15 is 0 Å². The summed E-state index contributed by atoms with van der Waals surface area (Å²) in [5.74, 6) is -0.397. The maximum absolute atomic E-state index is 13.1. The number of para-hydroxylation sites is 2. The van der Waals surface area contributed by atoms with Crippen molar-refractivity contribution in [2.75, 3.05) is 12.4 Å². The van der Waals surface area contributed by atoms with Crippen LogP contribution >= 0.6 is 0 Å². The second-order valence-electron chi connectivity index (χ2n) is 6.82. The van der Waals surface area contributed by atoms with Crippen LogP contribution in [0.5, 0.6) is 5.75 Å². The molecule has 0 unspecified atom stereocenters. The van der Waals surface area contributed by atoms with Gasteiger partial charge in [-0.15, -0.1) is 0 Å². The molecule has 9 heteroatoms. The summed E-state index contributed by atoms with van der Waals surface area (Å²) in [5, 5.41) is 7.17. The highest BCUT2D eigenvalue weighted by Gasteiger charge is 2.30. The molecule has 4 rings (SSSR count). The highest BCUT2D eigenvalue weighted by molar-refractivity contribution is 6.11. The summed E-state index contributed by atoms with van der Waals surface area (Å²) in [7, 11) is 1.44. The number of carbonyl (C=O) groups is 1. The summed E-state index contributed by atoms with van der Waals surface area (Å²) >= 11 is 0. The lowest BCUT2D eigenvalue weighted by Crippen LogP contribution is -2.27. The van der Waals surface area contributed by atoms with E-state index in [4.69, 9.17) is 4.74 Å². The van der Waals surface area contributed by atoms with Crippen LogP contribution in [0.2, 0.25) is 0 Å². The predicted octanol–water partition coefficient (Wildman–Crippen LogP) is 4.67. The van der Waals surface area contributed by atoms with Gasteiger partial charge in [0.2, 0.25) is 0 Å². The minimum absolute atomic E-state index is 0.0502. The van der Waals surface area contributed by atoms with Gasteiger partial charge in [-0.1, -0.05) is 36.4 Å². The second kappa shape index (κ2) is 8.18. The van der Waals surface area contributed by atoms with Crippen LogP contribution in [0, 0.1) is 0 Å². The maximum Gasteiger partial charge on any atom is 0.416 e. The Morgan fingerprint density at radius 1 is 0.969 bits per heavy atom. The van der Waals surface area contributed by atoms with Gasteiger partial charge in [-0.25, -0.2) is 0 Å². The molecule has 3 aromatic carbocycles. The first kappa shape index (κ1) is 21.1. The van der Waals surface area contributed by atoms with Gasteiger partial charge >= 0.3 is 6.18 Å². The summed E-state index contributed by atoms with van der Waals surface area (Å²) in [6, 6.07) is 17.3. The van der Waals surface area contributed by atoms with Crippen LogP contribution in [0.15, 0.2) is 77.6 Å². The van der Waals surface area contributed by atoms with Crippen LogP contribution in [0.25, 0.3) is 16.5 Å². The monoisotopic (exact) mass is 439 g/mol. The number of amides is 1. The Morgan fingerprint density at radius 3 is 2.38 bits per heavy atom. The molecule has 0 radical (unpaired) electrons. The summed E-state index contributed by atoms with van der Waals surface area (Å²) in [4.78, 5) is 26.1. The normalized spacial score (nSPS) is 11.4. The number of carbonyl (C=O) groups excluding carboxylic acids is 1. The third-order valence-electron chi connectivity index (χ3n) is 4.78. The van der Waals surface area contributed by atoms with Crippen molar-refractivity contribution in [1.82, 2.24) is 9.78 Å². The van der Waals surface area contributed by atoms with Gasteiger partial charge in [-0.05, 0) is 36.4 Å². The fraction of sp³-hybridized carbons (Fsp3) is 0.0870. The number of ether oxygens (including phenoxy) is 1. The number of hydrogen-bond acceptors (Lipinski definition) is 4. The van der Waals surface area contributed by atoms with Gasteiger partial charge in [0, 0.05) is 11.1 Å². The molecule has 0 fully saturated rings. The molecule has 0 atom stereocenters. The quantitative estimate of drug-likeness (QED) is 0.502. The molecule has 162 valence electrons. The van der Waals surface area contributed by atoms with Crippen molar-refractivity contribution >= 4 is 22.4 Å². The number of benzene rings is 3. The van der Waals surface area contributed by atoms with Crippen molar-refractivity contribution in [3.63, 3.8) is 0 Å². The van der Waals surface area contributed by atoms with Gasteiger partial charge in [0.15, 0.2) is 5.69 Å². The Hall–Kier alpha value is -4.14. The van der Waals surface area contributed by atoms with Gasteiger partial charge < -0.3 is 10.1 Å². The number of halogens is 3. The lowest BCUT2D eigenvalue weighted by Gasteiger charge is -2.14. The lowest BCUT2D eigenvalue weighted by atomic mass is 10.1. The molecule has 1 aromatic heterocycles. The van der Waals surface area contributed by atoms with Gasteiger partial charge in [0.1, 0.15) is 11.4 Å². The Balaban J connectivity index is 1.85. The van der Waals surface area contributed by atoms with E-state index in [0.29, 0.717) is 11.4 Å². The van der Waals surface area contributed by atoms with Crippen molar-refractivity contribution in [3.05, 3.63) is 94.4 Å². The van der Waals surface area contributed by atoms with Crippen LogP contribution < -0.4 is 15.6 Å². The SMILES string of the molecule is COc1ccccc1-n1nc(C(=O)Nc2cccc(C(F)(F)F)c2)c2ccccc2c1=O. The molecular weight excluding hydrogens is 423 g/mol. The van der Waals surface area contributed by atoms with Crippen LogP contribution in [0.3, 0.4) is 0 Å². The van der Waals surface area contributed by atoms with Crippen molar-refractivity contribution in [2.45, 2.75) is 6.18 Å². The highest BCUT2D eigenvalue weighted by Crippen LogP contribution is 2.31. The highest BCUT2D eigenvalue weighted by atomic mass is 19.4. The van der Waals surface area contributed by atoms with E-state index in [1.54, 1.807) is 48.5 Å². The Bertz CT molecular complexity index is 1380. The fourth-order valence-corrected chi connectivity index (χ4v) is 3.29. The zero-order valence-electron chi connectivity index (χ0n) is 16.7. The number of aromatic nitrogens is 2. The van der Waals surface area contributed by atoms with Crippen molar-refractivity contribution in [1.29, 1.82) is 0 Å². The van der Waals surface area contributed by atoms with E-state index in [-0.39, 0.29) is 22.2 Å². The summed E-state index contributed by atoms with van der Waals surface area (Å²) in [5.41, 5.74) is -1.22. The minimum Gasteiger partial charge on any atom is -0.494 e. The van der Waals surface area contributed by atoms with Crippen molar-refractivity contribution in [2.24, 2.45) is 0 Å². The number of methoxy groups -OCH3 is 1. The fourth-order valence-electron chi connectivity index (χ4n) is 3.29. The van der Waals surface area contributed by atoms with Crippen LogP contribution in [0.1, 0.15) is 16.1 Å². The summed E-state index contributed by atoms with van der Waals surface area (Å²) < 4.78 is 45.4. The number of anilines is 1. The van der Waals surface area contributed by atoms with E-state index in [1.807, 2.05) is 0 Å². The van der Waals surface area contributed by atoms with Crippen molar-refractivity contribution < 1.29 is 22.7 Å². The summed E-state index contributed by atoms with van der Waals surface area (Å²) in [6.07, 6.45) is -4.55. The van der Waals surface area contributed by atoms with Crippen LogP contribution in [0.4, 0.5) is 18.9 Å². The average molecular weight is 439 g/mol. The summed E-state index contributed by atoms with van der Waals surface area (Å²) in [6.45, 7) is 0. The molecule has 0 aliphatic heterocycles. The van der Waals surface area contributed by atoms with Crippen LogP contribution in [-0.2, 0) is 6.18 Å². The van der Waals surface area contributed by atoms with E-state index in [9.17, 15) is 22.8 Å².